The largest absolute Gasteiger partial charge is 0.356 e. The van der Waals surface area contributed by atoms with Gasteiger partial charge >= 0.3 is 0 Å². The quantitative estimate of drug-likeness (QED) is 0.749. The molecule has 2 heterocycles. The highest BCUT2D eigenvalue weighted by Crippen LogP contribution is 2.22. The summed E-state index contributed by atoms with van der Waals surface area (Å²) in [5.41, 5.74) is 0. The Labute approximate surface area is 109 Å². The van der Waals surface area contributed by atoms with E-state index >= 15 is 0 Å². The van der Waals surface area contributed by atoms with E-state index in [1.54, 1.807) is 6.07 Å². The first-order valence-corrected chi connectivity index (χ1v) is 6.75. The molecule has 4 heteroatoms. The zero-order chi connectivity index (χ0) is 13.0. The van der Waals surface area contributed by atoms with Gasteiger partial charge < -0.3 is 9.80 Å². The zero-order valence-electron chi connectivity index (χ0n) is 11.3. The highest BCUT2D eigenvalue weighted by Gasteiger charge is 2.24. The van der Waals surface area contributed by atoms with Crippen molar-refractivity contribution in [1.82, 2.24) is 9.88 Å². The first-order chi connectivity index (χ1) is 8.69. The van der Waals surface area contributed by atoms with Crippen LogP contribution in [0.4, 0.5) is 10.2 Å². The first kappa shape index (κ1) is 13.3. The van der Waals surface area contributed by atoms with E-state index in [1.165, 1.54) is 18.9 Å². The van der Waals surface area contributed by atoms with Crippen molar-refractivity contribution in [3.05, 3.63) is 24.1 Å². The number of rotatable bonds is 5. The summed E-state index contributed by atoms with van der Waals surface area (Å²) < 4.78 is 13.1. The summed E-state index contributed by atoms with van der Waals surface area (Å²) in [7, 11) is 2.17. The van der Waals surface area contributed by atoms with Crippen LogP contribution in [0, 0.1) is 11.9 Å². The number of hydrogen-bond acceptors (Lipinski definition) is 3. The van der Waals surface area contributed by atoms with Gasteiger partial charge in [0, 0.05) is 19.6 Å². The minimum Gasteiger partial charge on any atom is -0.356 e. The number of halogens is 1. The van der Waals surface area contributed by atoms with Crippen LogP contribution in [0.1, 0.15) is 19.8 Å². The third kappa shape index (κ3) is 3.42. The monoisotopic (exact) mass is 251 g/mol. The van der Waals surface area contributed by atoms with Crippen LogP contribution in [0.3, 0.4) is 0 Å². The van der Waals surface area contributed by atoms with Crippen molar-refractivity contribution in [3.63, 3.8) is 0 Å². The minimum atomic E-state index is -0.390. The van der Waals surface area contributed by atoms with E-state index in [0.717, 1.165) is 32.0 Å². The number of anilines is 1. The summed E-state index contributed by atoms with van der Waals surface area (Å²) in [6.07, 6.45) is 2.37. The molecule has 1 aliphatic rings. The average Bonchev–Trinajstić information content (AvgIpc) is 2.78. The molecule has 0 amide bonds. The highest BCUT2D eigenvalue weighted by atomic mass is 19.1. The fourth-order valence-corrected chi connectivity index (χ4v) is 2.68. The Morgan fingerprint density at radius 2 is 2.33 bits per heavy atom. The van der Waals surface area contributed by atoms with E-state index in [1.807, 2.05) is 6.07 Å². The third-order valence-electron chi connectivity index (χ3n) is 3.49. The van der Waals surface area contributed by atoms with Crippen molar-refractivity contribution < 1.29 is 4.39 Å². The molecule has 18 heavy (non-hydrogen) atoms. The lowest BCUT2D eigenvalue weighted by Gasteiger charge is -2.21. The van der Waals surface area contributed by atoms with E-state index in [0.29, 0.717) is 5.92 Å². The lowest BCUT2D eigenvalue weighted by molar-refractivity contribution is 0.287. The van der Waals surface area contributed by atoms with Crippen molar-refractivity contribution >= 4 is 5.82 Å². The van der Waals surface area contributed by atoms with E-state index in [-0.39, 0.29) is 5.95 Å². The van der Waals surface area contributed by atoms with Crippen LogP contribution in [0.15, 0.2) is 18.2 Å². The molecule has 0 spiro atoms. The van der Waals surface area contributed by atoms with E-state index in [2.05, 4.69) is 28.8 Å². The van der Waals surface area contributed by atoms with Gasteiger partial charge in [-0.1, -0.05) is 13.0 Å². The second-order valence-electron chi connectivity index (χ2n) is 5.18. The lowest BCUT2D eigenvalue weighted by atomic mass is 10.1. The van der Waals surface area contributed by atoms with Crippen LogP contribution in [0.2, 0.25) is 0 Å². The topological polar surface area (TPSA) is 19.4 Å². The van der Waals surface area contributed by atoms with Crippen LogP contribution < -0.4 is 4.90 Å². The SMILES string of the molecule is CCCN(C)C[C@@H]1CCN(c2cccc(F)n2)C1. The highest BCUT2D eigenvalue weighted by molar-refractivity contribution is 5.39. The van der Waals surface area contributed by atoms with Gasteiger partial charge in [0.15, 0.2) is 0 Å². The summed E-state index contributed by atoms with van der Waals surface area (Å²) in [4.78, 5) is 8.52. The molecule has 1 aromatic rings. The number of nitrogens with zero attached hydrogens (tertiary/aromatic N) is 3. The summed E-state index contributed by atoms with van der Waals surface area (Å²) >= 11 is 0. The normalized spacial score (nSPS) is 19.8. The average molecular weight is 251 g/mol. The second kappa shape index (κ2) is 6.14. The van der Waals surface area contributed by atoms with Gasteiger partial charge in [0.1, 0.15) is 5.82 Å². The number of pyridine rings is 1. The molecular formula is C14H22FN3. The molecule has 0 N–H and O–H groups in total. The molecule has 1 saturated heterocycles. The van der Waals surface area contributed by atoms with Gasteiger partial charge in [0.05, 0.1) is 0 Å². The molecule has 1 atom stereocenters. The van der Waals surface area contributed by atoms with Crippen LogP contribution >= 0.6 is 0 Å². The summed E-state index contributed by atoms with van der Waals surface area (Å²) in [5.74, 6) is 1.06. The van der Waals surface area contributed by atoms with Crippen LogP contribution in [-0.4, -0.2) is 43.1 Å². The van der Waals surface area contributed by atoms with E-state index < -0.39 is 0 Å². The Hall–Kier alpha value is -1.16. The van der Waals surface area contributed by atoms with E-state index in [9.17, 15) is 4.39 Å². The molecule has 0 saturated carbocycles. The second-order valence-corrected chi connectivity index (χ2v) is 5.18. The molecule has 100 valence electrons. The molecule has 0 unspecified atom stereocenters. The summed E-state index contributed by atoms with van der Waals surface area (Å²) in [6, 6.07) is 5.02. The lowest BCUT2D eigenvalue weighted by Crippen LogP contribution is -2.29. The van der Waals surface area contributed by atoms with Gasteiger partial charge in [0.25, 0.3) is 0 Å². The summed E-state index contributed by atoms with van der Waals surface area (Å²) in [5, 5.41) is 0. The van der Waals surface area contributed by atoms with Gasteiger partial charge in [-0.05, 0) is 44.5 Å². The van der Waals surface area contributed by atoms with Crippen molar-refractivity contribution in [2.45, 2.75) is 19.8 Å². The number of aromatic nitrogens is 1. The van der Waals surface area contributed by atoms with Gasteiger partial charge in [0.2, 0.25) is 5.95 Å². The van der Waals surface area contributed by atoms with Crippen molar-refractivity contribution in [2.24, 2.45) is 5.92 Å². The Balaban J connectivity index is 1.88. The predicted octanol–water partition coefficient (Wildman–Crippen LogP) is 2.39. The molecule has 1 aromatic heterocycles. The predicted molar refractivity (Wildman–Crippen MR) is 72.3 cm³/mol. The molecule has 1 fully saturated rings. The van der Waals surface area contributed by atoms with Crippen molar-refractivity contribution in [1.29, 1.82) is 0 Å². The molecule has 3 nitrogen and oxygen atoms in total. The van der Waals surface area contributed by atoms with Gasteiger partial charge in [-0.2, -0.15) is 4.39 Å². The maximum atomic E-state index is 13.1. The Morgan fingerprint density at radius 1 is 1.50 bits per heavy atom. The minimum absolute atomic E-state index is 0.390. The smallest absolute Gasteiger partial charge is 0.214 e. The fourth-order valence-electron chi connectivity index (χ4n) is 2.68. The number of hydrogen-bond donors (Lipinski definition) is 0. The molecular weight excluding hydrogens is 229 g/mol. The Morgan fingerprint density at radius 3 is 3.06 bits per heavy atom. The fraction of sp³-hybridized carbons (Fsp3) is 0.643. The summed E-state index contributed by atoms with van der Waals surface area (Å²) in [6.45, 7) is 6.45. The van der Waals surface area contributed by atoms with Gasteiger partial charge in [-0.3, -0.25) is 0 Å². The van der Waals surface area contributed by atoms with E-state index in [4.69, 9.17) is 0 Å². The molecule has 1 aliphatic heterocycles. The third-order valence-corrected chi connectivity index (χ3v) is 3.49. The Bertz CT molecular complexity index is 383. The van der Waals surface area contributed by atoms with Crippen molar-refractivity contribution in [2.75, 3.05) is 38.1 Å². The van der Waals surface area contributed by atoms with Crippen LogP contribution in [0.5, 0.6) is 0 Å². The zero-order valence-corrected chi connectivity index (χ0v) is 11.3. The molecule has 2 rings (SSSR count). The maximum absolute atomic E-state index is 13.1. The first-order valence-electron chi connectivity index (χ1n) is 6.75. The maximum Gasteiger partial charge on any atom is 0.214 e. The van der Waals surface area contributed by atoms with Gasteiger partial charge in [-0.15, -0.1) is 0 Å². The Kier molecular flexibility index (Phi) is 4.53. The van der Waals surface area contributed by atoms with Crippen molar-refractivity contribution in [3.8, 4) is 0 Å². The molecule has 0 aliphatic carbocycles. The molecule has 0 bridgehead atoms. The van der Waals surface area contributed by atoms with Gasteiger partial charge in [-0.25, -0.2) is 4.98 Å². The van der Waals surface area contributed by atoms with Crippen LogP contribution in [0.25, 0.3) is 0 Å². The molecule has 0 radical (unpaired) electrons. The standard InChI is InChI=1S/C14H22FN3/c1-3-8-17(2)10-12-7-9-18(11-12)14-6-4-5-13(15)16-14/h4-6,12H,3,7-11H2,1-2H3/t12-/m0/s1. The molecule has 0 aromatic carbocycles. The van der Waals surface area contributed by atoms with Crippen LogP contribution in [-0.2, 0) is 0 Å².